The molecule has 0 atom stereocenters. The van der Waals surface area contributed by atoms with Crippen molar-refractivity contribution in [3.63, 3.8) is 0 Å². The maximum Gasteiger partial charge on any atom is 0.270 e. The third-order valence-electron chi connectivity index (χ3n) is 6.82. The lowest BCUT2D eigenvalue weighted by molar-refractivity contribution is 0.0751. The highest BCUT2D eigenvalue weighted by Crippen LogP contribution is 2.33. The van der Waals surface area contributed by atoms with E-state index < -0.39 is 0 Å². The van der Waals surface area contributed by atoms with Gasteiger partial charge >= 0.3 is 0 Å². The smallest absolute Gasteiger partial charge is 0.270 e. The minimum atomic E-state index is -0.107. The Morgan fingerprint density at radius 1 is 0.889 bits per heavy atom. The Morgan fingerprint density at radius 2 is 1.64 bits per heavy atom. The Labute approximate surface area is 209 Å². The van der Waals surface area contributed by atoms with Crippen LogP contribution in [0.4, 0.5) is 0 Å². The zero-order valence-corrected chi connectivity index (χ0v) is 20.8. The van der Waals surface area contributed by atoms with E-state index >= 15 is 0 Å². The SMILES string of the molecule is CN1CCn2c(cc3c(-c4cncc(-c5ccc(-c6nncn6C(C)(C)C)cc5)c4)ccnc32)C1=O. The fourth-order valence-electron chi connectivity index (χ4n) is 4.83. The van der Waals surface area contributed by atoms with Crippen LogP contribution in [0.1, 0.15) is 31.3 Å². The van der Waals surface area contributed by atoms with E-state index in [9.17, 15) is 4.79 Å². The van der Waals surface area contributed by atoms with E-state index in [1.165, 1.54) is 0 Å². The van der Waals surface area contributed by atoms with Gasteiger partial charge in [-0.15, -0.1) is 10.2 Å². The predicted molar refractivity (Wildman–Crippen MR) is 139 cm³/mol. The topological polar surface area (TPSA) is 81.7 Å². The minimum Gasteiger partial charge on any atom is -0.339 e. The van der Waals surface area contributed by atoms with E-state index in [1.807, 2.05) is 36.1 Å². The summed E-state index contributed by atoms with van der Waals surface area (Å²) in [5.74, 6) is 0.873. The van der Waals surface area contributed by atoms with Gasteiger partial charge in [-0.3, -0.25) is 9.78 Å². The molecule has 5 aromatic rings. The summed E-state index contributed by atoms with van der Waals surface area (Å²) in [4.78, 5) is 23.6. The van der Waals surface area contributed by atoms with Gasteiger partial charge in [-0.05, 0) is 50.1 Å². The molecule has 180 valence electrons. The quantitative estimate of drug-likeness (QED) is 0.371. The number of carbonyl (C=O) groups is 1. The van der Waals surface area contributed by atoms with Gasteiger partial charge in [-0.2, -0.15) is 0 Å². The molecule has 0 fully saturated rings. The number of hydrogen-bond donors (Lipinski definition) is 0. The number of pyridine rings is 2. The predicted octanol–water partition coefficient (Wildman–Crippen LogP) is 4.86. The van der Waals surface area contributed by atoms with Crippen molar-refractivity contribution in [2.75, 3.05) is 13.6 Å². The molecule has 0 radical (unpaired) electrons. The van der Waals surface area contributed by atoms with E-state index in [2.05, 4.69) is 75.8 Å². The molecule has 5 heterocycles. The second-order valence-corrected chi connectivity index (χ2v) is 10.2. The Kier molecular flexibility index (Phi) is 5.00. The largest absolute Gasteiger partial charge is 0.339 e. The van der Waals surface area contributed by atoms with Crippen molar-refractivity contribution in [1.82, 2.24) is 34.2 Å². The number of fused-ring (bicyclic) bond motifs is 3. The van der Waals surface area contributed by atoms with Gasteiger partial charge in [-0.25, -0.2) is 4.98 Å². The van der Waals surface area contributed by atoms with Gasteiger partial charge in [0.15, 0.2) is 5.82 Å². The first-order valence-corrected chi connectivity index (χ1v) is 12.0. The molecule has 6 rings (SSSR count). The summed E-state index contributed by atoms with van der Waals surface area (Å²) < 4.78 is 4.10. The van der Waals surface area contributed by atoms with Crippen LogP contribution in [0.15, 0.2) is 67.4 Å². The van der Waals surface area contributed by atoms with Crippen molar-refractivity contribution in [2.24, 2.45) is 0 Å². The van der Waals surface area contributed by atoms with Crippen LogP contribution in [0.2, 0.25) is 0 Å². The van der Waals surface area contributed by atoms with Gasteiger partial charge < -0.3 is 14.0 Å². The van der Waals surface area contributed by atoms with E-state index in [0.717, 1.165) is 51.2 Å². The lowest BCUT2D eigenvalue weighted by atomic mass is 10.00. The van der Waals surface area contributed by atoms with Crippen LogP contribution in [0.25, 0.3) is 44.7 Å². The zero-order chi connectivity index (χ0) is 25.0. The average Bonchev–Trinajstić information content (AvgIpc) is 3.52. The Morgan fingerprint density at radius 3 is 2.42 bits per heavy atom. The molecule has 1 aromatic carbocycles. The molecule has 1 aliphatic rings. The third-order valence-corrected chi connectivity index (χ3v) is 6.82. The minimum absolute atomic E-state index is 0.0273. The van der Waals surface area contributed by atoms with E-state index in [0.29, 0.717) is 12.2 Å². The second-order valence-electron chi connectivity index (χ2n) is 10.2. The fraction of sp³-hybridized carbons (Fsp3) is 0.250. The molecular weight excluding hydrogens is 450 g/mol. The average molecular weight is 478 g/mol. The van der Waals surface area contributed by atoms with Gasteiger partial charge in [0.1, 0.15) is 17.7 Å². The lowest BCUT2D eigenvalue weighted by Crippen LogP contribution is -2.36. The number of carbonyl (C=O) groups excluding carboxylic acids is 1. The number of nitrogens with zero attached hydrogens (tertiary/aromatic N) is 7. The van der Waals surface area contributed by atoms with Crippen molar-refractivity contribution in [2.45, 2.75) is 32.9 Å². The Hall–Kier alpha value is -4.33. The van der Waals surface area contributed by atoms with Crippen molar-refractivity contribution < 1.29 is 4.79 Å². The van der Waals surface area contributed by atoms with Gasteiger partial charge in [0.05, 0.1) is 0 Å². The third kappa shape index (κ3) is 3.57. The number of likely N-dealkylation sites (N-methyl/N-ethyl adjacent to an activating group) is 1. The summed E-state index contributed by atoms with van der Waals surface area (Å²) in [5.41, 5.74) is 6.50. The summed E-state index contributed by atoms with van der Waals surface area (Å²) in [6.07, 6.45) is 7.32. The van der Waals surface area contributed by atoms with Crippen molar-refractivity contribution in [3.8, 4) is 33.6 Å². The molecule has 0 N–H and O–H groups in total. The molecule has 36 heavy (non-hydrogen) atoms. The van der Waals surface area contributed by atoms with Crippen molar-refractivity contribution >= 4 is 16.9 Å². The number of aromatic nitrogens is 6. The molecule has 0 saturated carbocycles. The highest BCUT2D eigenvalue weighted by Gasteiger charge is 2.25. The summed E-state index contributed by atoms with van der Waals surface area (Å²) in [6.45, 7) is 7.83. The monoisotopic (exact) mass is 477 g/mol. The van der Waals surface area contributed by atoms with E-state index in [4.69, 9.17) is 0 Å². The fourth-order valence-corrected chi connectivity index (χ4v) is 4.83. The highest BCUT2D eigenvalue weighted by molar-refractivity contribution is 6.03. The Balaban J connectivity index is 1.38. The van der Waals surface area contributed by atoms with Crippen LogP contribution < -0.4 is 0 Å². The van der Waals surface area contributed by atoms with E-state index in [-0.39, 0.29) is 11.4 Å². The molecule has 8 heteroatoms. The van der Waals surface area contributed by atoms with Crippen molar-refractivity contribution in [3.05, 3.63) is 73.1 Å². The molecular formula is C28H27N7O. The first-order valence-electron chi connectivity index (χ1n) is 12.0. The normalized spacial score (nSPS) is 13.9. The second kappa shape index (κ2) is 8.12. The van der Waals surface area contributed by atoms with Gasteiger partial charge in [0.25, 0.3) is 5.91 Å². The summed E-state index contributed by atoms with van der Waals surface area (Å²) in [6, 6.07) is 14.4. The van der Waals surface area contributed by atoms with Crippen LogP contribution >= 0.6 is 0 Å². The number of benzene rings is 1. The van der Waals surface area contributed by atoms with Gasteiger partial charge in [0, 0.05) is 66.3 Å². The van der Waals surface area contributed by atoms with Crippen LogP contribution in [0, 0.1) is 0 Å². The van der Waals surface area contributed by atoms with Crippen LogP contribution in [-0.2, 0) is 12.1 Å². The molecule has 0 bridgehead atoms. The summed E-state index contributed by atoms with van der Waals surface area (Å²) >= 11 is 0. The highest BCUT2D eigenvalue weighted by atomic mass is 16.2. The maximum atomic E-state index is 12.7. The van der Waals surface area contributed by atoms with Crippen LogP contribution in [0.5, 0.6) is 0 Å². The van der Waals surface area contributed by atoms with Crippen LogP contribution in [-0.4, -0.2) is 53.7 Å². The van der Waals surface area contributed by atoms with Crippen molar-refractivity contribution in [1.29, 1.82) is 0 Å². The summed E-state index contributed by atoms with van der Waals surface area (Å²) in [5, 5.41) is 9.43. The first-order chi connectivity index (χ1) is 17.3. The van der Waals surface area contributed by atoms with Crippen LogP contribution in [0.3, 0.4) is 0 Å². The molecule has 0 unspecified atom stereocenters. The molecule has 1 amide bonds. The molecule has 1 aliphatic heterocycles. The molecule has 8 nitrogen and oxygen atoms in total. The summed E-state index contributed by atoms with van der Waals surface area (Å²) in [7, 11) is 1.84. The standard InChI is InChI=1S/C28H27N7O/c1-28(2,3)35-17-31-32-25(35)19-7-5-18(6-8-19)20-13-21(16-29-15-20)22-9-10-30-26-23(22)14-24-27(36)33(4)11-12-34(24)26/h5-10,13-17H,11-12H2,1-4H3. The zero-order valence-electron chi connectivity index (χ0n) is 20.8. The number of rotatable bonds is 3. The molecule has 4 aromatic heterocycles. The number of amides is 1. The Bertz CT molecular complexity index is 1610. The lowest BCUT2D eigenvalue weighted by Gasteiger charge is -2.24. The number of hydrogen-bond acceptors (Lipinski definition) is 5. The maximum absolute atomic E-state index is 12.7. The van der Waals surface area contributed by atoms with Gasteiger partial charge in [0.2, 0.25) is 0 Å². The van der Waals surface area contributed by atoms with E-state index in [1.54, 1.807) is 17.4 Å². The molecule has 0 aliphatic carbocycles. The molecule has 0 saturated heterocycles. The van der Waals surface area contributed by atoms with Gasteiger partial charge in [-0.1, -0.05) is 24.3 Å². The first kappa shape index (κ1) is 22.2. The molecule has 0 spiro atoms.